The van der Waals surface area contributed by atoms with Crippen molar-refractivity contribution in [3.63, 3.8) is 0 Å². The third-order valence-corrected chi connectivity index (χ3v) is 4.30. The molecule has 5 heteroatoms. The van der Waals surface area contributed by atoms with Gasteiger partial charge in [0, 0.05) is 32.8 Å². The molecule has 3 aliphatic rings. The van der Waals surface area contributed by atoms with Crippen molar-refractivity contribution in [1.82, 2.24) is 10.2 Å². The fraction of sp³-hybridized carbons (Fsp3) is 0.933. The van der Waals surface area contributed by atoms with Gasteiger partial charge in [0.05, 0.1) is 12.7 Å². The summed E-state index contributed by atoms with van der Waals surface area (Å²) < 4.78 is 11.7. The van der Waals surface area contributed by atoms with E-state index in [1.165, 1.54) is 19.3 Å². The van der Waals surface area contributed by atoms with E-state index in [1.54, 1.807) is 0 Å². The second kappa shape index (κ2) is 6.76. The molecule has 0 amide bonds. The Morgan fingerprint density at radius 2 is 2.05 bits per heavy atom. The van der Waals surface area contributed by atoms with Crippen molar-refractivity contribution in [3.05, 3.63) is 0 Å². The number of rotatable bonds is 4. The molecule has 20 heavy (non-hydrogen) atoms. The van der Waals surface area contributed by atoms with Crippen LogP contribution in [0.1, 0.15) is 32.6 Å². The first-order valence-electron chi connectivity index (χ1n) is 8.13. The smallest absolute Gasteiger partial charge is 0.194 e. The van der Waals surface area contributed by atoms with Crippen LogP contribution in [-0.4, -0.2) is 62.5 Å². The number of guanidine groups is 1. The standard InChI is InChI=1S/C15H27N3O2/c1-2-16-15(17-10-12-5-6-12)18-7-9-20-14(11-18)13-4-3-8-19-13/h12-14H,2-11H2,1H3,(H,16,17). The third-order valence-electron chi connectivity index (χ3n) is 4.30. The van der Waals surface area contributed by atoms with Gasteiger partial charge in [-0.25, -0.2) is 0 Å². The summed E-state index contributed by atoms with van der Waals surface area (Å²) in [6.45, 7) is 7.53. The predicted octanol–water partition coefficient (Wildman–Crippen LogP) is 1.24. The van der Waals surface area contributed by atoms with Crippen LogP contribution >= 0.6 is 0 Å². The van der Waals surface area contributed by atoms with E-state index in [4.69, 9.17) is 14.5 Å². The van der Waals surface area contributed by atoms with Crippen LogP contribution in [-0.2, 0) is 9.47 Å². The Morgan fingerprint density at radius 1 is 1.20 bits per heavy atom. The first kappa shape index (κ1) is 14.1. The average Bonchev–Trinajstić information content (AvgIpc) is 3.14. The summed E-state index contributed by atoms with van der Waals surface area (Å²) in [5.41, 5.74) is 0. The molecule has 0 radical (unpaired) electrons. The van der Waals surface area contributed by atoms with Gasteiger partial charge in [-0.05, 0) is 38.5 Å². The minimum atomic E-state index is 0.205. The van der Waals surface area contributed by atoms with Gasteiger partial charge in [0.1, 0.15) is 6.10 Å². The molecule has 1 saturated carbocycles. The Labute approximate surface area is 121 Å². The predicted molar refractivity (Wildman–Crippen MR) is 79.0 cm³/mol. The normalized spacial score (nSPS) is 31.6. The zero-order chi connectivity index (χ0) is 13.8. The zero-order valence-corrected chi connectivity index (χ0v) is 12.5. The maximum Gasteiger partial charge on any atom is 0.194 e. The average molecular weight is 281 g/mol. The largest absolute Gasteiger partial charge is 0.375 e. The van der Waals surface area contributed by atoms with Crippen LogP contribution < -0.4 is 5.32 Å². The quantitative estimate of drug-likeness (QED) is 0.622. The molecule has 5 nitrogen and oxygen atoms in total. The lowest BCUT2D eigenvalue weighted by molar-refractivity contribution is -0.0817. The van der Waals surface area contributed by atoms with Crippen molar-refractivity contribution in [2.45, 2.75) is 44.8 Å². The lowest BCUT2D eigenvalue weighted by Crippen LogP contribution is -2.53. The number of aliphatic imine (C=N–C) groups is 1. The van der Waals surface area contributed by atoms with Gasteiger partial charge in [-0.1, -0.05) is 0 Å². The highest BCUT2D eigenvalue weighted by molar-refractivity contribution is 5.80. The maximum absolute atomic E-state index is 5.91. The van der Waals surface area contributed by atoms with Crippen LogP contribution in [0.3, 0.4) is 0 Å². The van der Waals surface area contributed by atoms with E-state index in [0.717, 1.165) is 57.7 Å². The fourth-order valence-corrected chi connectivity index (χ4v) is 2.93. The van der Waals surface area contributed by atoms with Crippen molar-refractivity contribution in [2.24, 2.45) is 10.9 Å². The molecule has 1 aliphatic carbocycles. The van der Waals surface area contributed by atoms with Crippen LogP contribution in [0.15, 0.2) is 4.99 Å². The minimum Gasteiger partial charge on any atom is -0.375 e. The van der Waals surface area contributed by atoms with Gasteiger partial charge in [-0.15, -0.1) is 0 Å². The molecule has 1 N–H and O–H groups in total. The monoisotopic (exact) mass is 281 g/mol. The molecule has 0 aromatic rings. The molecule has 3 rings (SSSR count). The van der Waals surface area contributed by atoms with Gasteiger partial charge in [0.25, 0.3) is 0 Å². The van der Waals surface area contributed by atoms with E-state index in [0.29, 0.717) is 0 Å². The number of hydrogen-bond donors (Lipinski definition) is 1. The second-order valence-electron chi connectivity index (χ2n) is 6.04. The number of nitrogens with one attached hydrogen (secondary N) is 1. The molecule has 0 spiro atoms. The summed E-state index contributed by atoms with van der Waals surface area (Å²) in [4.78, 5) is 7.14. The first-order chi connectivity index (χ1) is 9.86. The molecule has 2 aliphatic heterocycles. The Balaban J connectivity index is 1.58. The van der Waals surface area contributed by atoms with Crippen molar-refractivity contribution in [2.75, 3.05) is 39.4 Å². The molecular weight excluding hydrogens is 254 g/mol. The summed E-state index contributed by atoms with van der Waals surface area (Å²) in [7, 11) is 0. The van der Waals surface area contributed by atoms with Crippen molar-refractivity contribution in [1.29, 1.82) is 0 Å². The van der Waals surface area contributed by atoms with E-state index in [-0.39, 0.29) is 12.2 Å². The zero-order valence-electron chi connectivity index (χ0n) is 12.5. The van der Waals surface area contributed by atoms with Crippen LogP contribution in [0.5, 0.6) is 0 Å². The molecule has 0 aromatic heterocycles. The molecular formula is C15H27N3O2. The van der Waals surface area contributed by atoms with Gasteiger partial charge in [-0.3, -0.25) is 4.99 Å². The van der Waals surface area contributed by atoms with Gasteiger partial charge in [-0.2, -0.15) is 0 Å². The van der Waals surface area contributed by atoms with Gasteiger partial charge < -0.3 is 19.7 Å². The molecule has 2 saturated heterocycles. The SMILES string of the molecule is CCNC(=NCC1CC1)N1CCOC(C2CCCO2)C1. The highest BCUT2D eigenvalue weighted by Crippen LogP contribution is 2.29. The fourth-order valence-electron chi connectivity index (χ4n) is 2.93. The summed E-state index contributed by atoms with van der Waals surface area (Å²) in [5.74, 6) is 1.89. The van der Waals surface area contributed by atoms with E-state index < -0.39 is 0 Å². The Hall–Kier alpha value is -0.810. The Bertz CT molecular complexity index is 338. The van der Waals surface area contributed by atoms with E-state index in [1.807, 2.05) is 0 Å². The van der Waals surface area contributed by atoms with Crippen molar-refractivity contribution in [3.8, 4) is 0 Å². The number of ether oxygens (including phenoxy) is 2. The van der Waals surface area contributed by atoms with Crippen LogP contribution in [0.2, 0.25) is 0 Å². The number of morpholine rings is 1. The lowest BCUT2D eigenvalue weighted by atomic mass is 10.1. The topological polar surface area (TPSA) is 46.1 Å². The molecule has 114 valence electrons. The first-order valence-corrected chi connectivity index (χ1v) is 8.13. The molecule has 2 heterocycles. The maximum atomic E-state index is 5.91. The highest BCUT2D eigenvalue weighted by Gasteiger charge is 2.32. The van der Waals surface area contributed by atoms with Crippen LogP contribution in [0, 0.1) is 5.92 Å². The van der Waals surface area contributed by atoms with Crippen molar-refractivity contribution < 1.29 is 9.47 Å². The van der Waals surface area contributed by atoms with Gasteiger partial charge >= 0.3 is 0 Å². The van der Waals surface area contributed by atoms with E-state index in [9.17, 15) is 0 Å². The summed E-state index contributed by atoms with van der Waals surface area (Å²) in [5, 5.41) is 3.43. The lowest BCUT2D eigenvalue weighted by Gasteiger charge is -2.37. The molecule has 2 unspecified atom stereocenters. The Morgan fingerprint density at radius 3 is 2.75 bits per heavy atom. The number of nitrogens with zero attached hydrogens (tertiary/aromatic N) is 2. The second-order valence-corrected chi connectivity index (χ2v) is 6.04. The summed E-state index contributed by atoms with van der Waals surface area (Å²) in [6, 6.07) is 0. The molecule has 3 fully saturated rings. The van der Waals surface area contributed by atoms with Gasteiger partial charge in [0.2, 0.25) is 0 Å². The summed E-state index contributed by atoms with van der Waals surface area (Å²) in [6.07, 6.45) is 5.49. The minimum absolute atomic E-state index is 0.205. The molecule has 0 bridgehead atoms. The molecule has 2 atom stereocenters. The number of hydrogen-bond acceptors (Lipinski definition) is 3. The third kappa shape index (κ3) is 3.64. The van der Waals surface area contributed by atoms with E-state index >= 15 is 0 Å². The van der Waals surface area contributed by atoms with E-state index in [2.05, 4.69) is 17.1 Å². The highest BCUT2D eigenvalue weighted by atomic mass is 16.5. The van der Waals surface area contributed by atoms with Gasteiger partial charge in [0.15, 0.2) is 5.96 Å². The van der Waals surface area contributed by atoms with Crippen molar-refractivity contribution >= 4 is 5.96 Å². The summed E-state index contributed by atoms with van der Waals surface area (Å²) >= 11 is 0. The van der Waals surface area contributed by atoms with Crippen LogP contribution in [0.4, 0.5) is 0 Å². The van der Waals surface area contributed by atoms with Crippen LogP contribution in [0.25, 0.3) is 0 Å². The molecule has 0 aromatic carbocycles. The Kier molecular flexibility index (Phi) is 4.78.